The number of piperidine rings is 1. The predicted molar refractivity (Wildman–Crippen MR) is 132 cm³/mol. The van der Waals surface area contributed by atoms with Crippen LogP contribution >= 0.6 is 11.3 Å². The van der Waals surface area contributed by atoms with Gasteiger partial charge in [0.25, 0.3) is 5.56 Å². The number of carbonyl (C=O) groups is 1. The summed E-state index contributed by atoms with van der Waals surface area (Å²) in [5, 5.41) is 5.01. The van der Waals surface area contributed by atoms with Gasteiger partial charge in [-0.05, 0) is 49.1 Å². The minimum Gasteiger partial charge on any atom is -0.356 e. The summed E-state index contributed by atoms with van der Waals surface area (Å²) in [6.45, 7) is 9.06. The zero-order valence-electron chi connectivity index (χ0n) is 19.1. The standard InChI is InChI=1S/C25H32N4O2S/c1-17(2)8-12-26-23(30)20-9-13-28(14-10-20)25-27-21-11-15-32-22(21)24(31)29(25)16-19-6-4-18(3)5-7-19/h4-7,11,15,17,20H,8-10,12-14,16H2,1-3H3,(H,26,30). The van der Waals surface area contributed by atoms with E-state index in [1.165, 1.54) is 16.9 Å². The Bertz CT molecular complexity index is 1130. The first-order valence-electron chi connectivity index (χ1n) is 11.5. The summed E-state index contributed by atoms with van der Waals surface area (Å²) in [7, 11) is 0. The Morgan fingerprint density at radius 3 is 2.59 bits per heavy atom. The predicted octanol–water partition coefficient (Wildman–Crippen LogP) is 4.19. The highest BCUT2D eigenvalue weighted by Gasteiger charge is 2.27. The number of hydrogen-bond acceptors (Lipinski definition) is 5. The topological polar surface area (TPSA) is 67.2 Å². The van der Waals surface area contributed by atoms with Crippen molar-refractivity contribution in [3.8, 4) is 0 Å². The molecule has 170 valence electrons. The molecule has 6 nitrogen and oxygen atoms in total. The van der Waals surface area contributed by atoms with Gasteiger partial charge in [0, 0.05) is 25.6 Å². The minimum atomic E-state index is 0.00845. The fraction of sp³-hybridized carbons (Fsp3) is 0.480. The largest absolute Gasteiger partial charge is 0.356 e. The van der Waals surface area contributed by atoms with Crippen molar-refractivity contribution in [3.63, 3.8) is 0 Å². The van der Waals surface area contributed by atoms with E-state index in [-0.39, 0.29) is 17.4 Å². The Morgan fingerprint density at radius 2 is 1.91 bits per heavy atom. The summed E-state index contributed by atoms with van der Waals surface area (Å²) in [6, 6.07) is 10.2. The maximum Gasteiger partial charge on any atom is 0.273 e. The Morgan fingerprint density at radius 1 is 1.19 bits per heavy atom. The molecule has 3 aromatic rings. The Balaban J connectivity index is 1.53. The van der Waals surface area contributed by atoms with Crippen LogP contribution in [0.15, 0.2) is 40.5 Å². The molecule has 7 heteroatoms. The quantitative estimate of drug-likeness (QED) is 0.584. The first-order chi connectivity index (χ1) is 15.4. The third kappa shape index (κ3) is 5.04. The highest BCUT2D eigenvalue weighted by atomic mass is 32.1. The van der Waals surface area contributed by atoms with Crippen molar-refractivity contribution in [2.75, 3.05) is 24.5 Å². The van der Waals surface area contributed by atoms with Crippen LogP contribution < -0.4 is 15.8 Å². The number of thiophene rings is 1. The van der Waals surface area contributed by atoms with Crippen LogP contribution in [0.2, 0.25) is 0 Å². The van der Waals surface area contributed by atoms with E-state index in [9.17, 15) is 9.59 Å². The van der Waals surface area contributed by atoms with Gasteiger partial charge in [0.05, 0.1) is 12.1 Å². The monoisotopic (exact) mass is 452 g/mol. The summed E-state index contributed by atoms with van der Waals surface area (Å²) in [5.74, 6) is 1.48. The van der Waals surface area contributed by atoms with Crippen molar-refractivity contribution in [1.82, 2.24) is 14.9 Å². The molecule has 0 atom stereocenters. The lowest BCUT2D eigenvalue weighted by atomic mass is 9.96. The third-order valence-corrected chi connectivity index (χ3v) is 7.07. The summed E-state index contributed by atoms with van der Waals surface area (Å²) in [6.07, 6.45) is 2.55. The van der Waals surface area contributed by atoms with Crippen LogP contribution in [-0.2, 0) is 11.3 Å². The SMILES string of the molecule is Cc1ccc(Cn2c(N3CCC(C(=O)NCCC(C)C)CC3)nc3ccsc3c2=O)cc1. The molecule has 3 heterocycles. The molecular formula is C25H32N4O2S. The molecule has 1 saturated heterocycles. The van der Waals surface area contributed by atoms with Gasteiger partial charge in [-0.2, -0.15) is 0 Å². The fourth-order valence-electron chi connectivity index (χ4n) is 4.16. The van der Waals surface area contributed by atoms with Gasteiger partial charge < -0.3 is 10.2 Å². The zero-order chi connectivity index (χ0) is 22.7. The number of anilines is 1. The highest BCUT2D eigenvalue weighted by molar-refractivity contribution is 7.17. The second-order valence-corrected chi connectivity index (χ2v) is 10.1. The van der Waals surface area contributed by atoms with Crippen LogP contribution in [0.3, 0.4) is 0 Å². The second kappa shape index (κ2) is 9.86. The molecule has 1 amide bonds. The smallest absolute Gasteiger partial charge is 0.273 e. The van der Waals surface area contributed by atoms with Gasteiger partial charge in [-0.1, -0.05) is 43.7 Å². The van der Waals surface area contributed by atoms with E-state index in [1.807, 2.05) is 11.4 Å². The van der Waals surface area contributed by atoms with Crippen LogP contribution in [0, 0.1) is 18.8 Å². The summed E-state index contributed by atoms with van der Waals surface area (Å²) >= 11 is 1.44. The van der Waals surface area contributed by atoms with Crippen LogP contribution in [0.5, 0.6) is 0 Å². The maximum absolute atomic E-state index is 13.3. The molecular weight excluding hydrogens is 420 g/mol. The maximum atomic E-state index is 13.3. The number of aromatic nitrogens is 2. The lowest BCUT2D eigenvalue weighted by Gasteiger charge is -2.33. The lowest BCUT2D eigenvalue weighted by molar-refractivity contribution is -0.125. The second-order valence-electron chi connectivity index (χ2n) is 9.16. The number of carbonyl (C=O) groups excluding carboxylic acids is 1. The van der Waals surface area contributed by atoms with E-state index in [0.29, 0.717) is 23.1 Å². The van der Waals surface area contributed by atoms with Crippen LogP contribution in [-0.4, -0.2) is 35.1 Å². The van der Waals surface area contributed by atoms with E-state index in [2.05, 4.69) is 55.3 Å². The van der Waals surface area contributed by atoms with Crippen LogP contribution in [0.1, 0.15) is 44.2 Å². The highest BCUT2D eigenvalue weighted by Crippen LogP contribution is 2.25. The Kier molecular flexibility index (Phi) is 6.94. The normalized spacial score (nSPS) is 14.9. The van der Waals surface area contributed by atoms with Gasteiger partial charge in [-0.15, -0.1) is 11.3 Å². The first-order valence-corrected chi connectivity index (χ1v) is 12.4. The number of hydrogen-bond donors (Lipinski definition) is 1. The van der Waals surface area contributed by atoms with Crippen molar-refractivity contribution in [2.24, 2.45) is 11.8 Å². The Hall–Kier alpha value is -2.67. The number of nitrogens with zero attached hydrogens (tertiary/aromatic N) is 3. The van der Waals surface area contributed by atoms with Crippen LogP contribution in [0.25, 0.3) is 10.2 Å². The van der Waals surface area contributed by atoms with Gasteiger partial charge in [0.15, 0.2) is 0 Å². The molecule has 0 bridgehead atoms. The summed E-state index contributed by atoms with van der Waals surface area (Å²) in [5.41, 5.74) is 3.04. The van der Waals surface area contributed by atoms with E-state index in [4.69, 9.17) is 4.98 Å². The minimum absolute atomic E-state index is 0.00845. The van der Waals surface area contributed by atoms with Crippen LogP contribution in [0.4, 0.5) is 5.95 Å². The molecule has 32 heavy (non-hydrogen) atoms. The molecule has 2 aromatic heterocycles. The van der Waals surface area contributed by atoms with Gasteiger partial charge in [-0.25, -0.2) is 4.98 Å². The van der Waals surface area contributed by atoms with E-state index >= 15 is 0 Å². The Labute approximate surface area is 193 Å². The van der Waals surface area contributed by atoms with Crippen molar-refractivity contribution in [3.05, 3.63) is 57.2 Å². The molecule has 1 fully saturated rings. The van der Waals surface area contributed by atoms with Crippen molar-refractivity contribution in [2.45, 2.75) is 46.6 Å². The van der Waals surface area contributed by atoms with Crippen molar-refractivity contribution < 1.29 is 4.79 Å². The number of aryl methyl sites for hydroxylation is 1. The average molecular weight is 453 g/mol. The number of benzene rings is 1. The van der Waals surface area contributed by atoms with E-state index < -0.39 is 0 Å². The average Bonchev–Trinajstić information content (AvgIpc) is 3.26. The molecule has 1 aromatic carbocycles. The first kappa shape index (κ1) is 22.5. The number of rotatable bonds is 7. The molecule has 1 aliphatic rings. The van der Waals surface area contributed by atoms with E-state index in [1.54, 1.807) is 4.57 Å². The molecule has 1 N–H and O–H groups in total. The number of amides is 1. The van der Waals surface area contributed by atoms with Gasteiger partial charge in [0.1, 0.15) is 4.70 Å². The molecule has 0 aliphatic carbocycles. The third-order valence-electron chi connectivity index (χ3n) is 6.18. The van der Waals surface area contributed by atoms with Crippen molar-refractivity contribution in [1.29, 1.82) is 0 Å². The van der Waals surface area contributed by atoms with Gasteiger partial charge >= 0.3 is 0 Å². The van der Waals surface area contributed by atoms with Gasteiger partial charge in [0.2, 0.25) is 11.9 Å². The molecule has 0 unspecified atom stereocenters. The number of fused-ring (bicyclic) bond motifs is 1. The fourth-order valence-corrected chi connectivity index (χ4v) is 4.94. The summed E-state index contributed by atoms with van der Waals surface area (Å²) in [4.78, 5) is 32.9. The molecule has 0 radical (unpaired) electrons. The zero-order valence-corrected chi connectivity index (χ0v) is 20.0. The van der Waals surface area contributed by atoms with Gasteiger partial charge in [-0.3, -0.25) is 14.2 Å². The number of nitrogens with one attached hydrogen (secondary N) is 1. The molecule has 4 rings (SSSR count). The van der Waals surface area contributed by atoms with E-state index in [0.717, 1.165) is 50.0 Å². The summed E-state index contributed by atoms with van der Waals surface area (Å²) < 4.78 is 2.49. The van der Waals surface area contributed by atoms with Crippen molar-refractivity contribution >= 4 is 33.4 Å². The lowest BCUT2D eigenvalue weighted by Crippen LogP contribution is -2.43. The molecule has 0 spiro atoms. The molecule has 0 saturated carbocycles. The molecule has 1 aliphatic heterocycles.